The molecule has 0 saturated carbocycles. The lowest BCUT2D eigenvalue weighted by Crippen LogP contribution is -2.31. The molecule has 0 heterocycles. The Morgan fingerprint density at radius 3 is 2.00 bits per heavy atom. The number of hydrogen-bond acceptors (Lipinski definition) is 4. The summed E-state index contributed by atoms with van der Waals surface area (Å²) in [6, 6.07) is 0. The van der Waals surface area contributed by atoms with Gasteiger partial charge in [0.05, 0.1) is 0 Å². The van der Waals surface area contributed by atoms with E-state index < -0.39 is 0 Å². The largest absolute Gasteiger partial charge is 0.370 e. The zero-order valence-electron chi connectivity index (χ0n) is 9.14. The third-order valence-corrected chi connectivity index (χ3v) is 1.83. The van der Waals surface area contributed by atoms with Gasteiger partial charge < -0.3 is 21.7 Å². The van der Waals surface area contributed by atoms with Crippen molar-refractivity contribution in [1.29, 1.82) is 0 Å². The summed E-state index contributed by atoms with van der Waals surface area (Å²) < 4.78 is 0. The molecule has 2 amide bonds. The van der Waals surface area contributed by atoms with Gasteiger partial charge >= 0.3 is 0 Å². The van der Waals surface area contributed by atoms with Gasteiger partial charge in [-0.2, -0.15) is 0 Å². The van der Waals surface area contributed by atoms with Crippen molar-refractivity contribution >= 4 is 11.8 Å². The van der Waals surface area contributed by atoms with E-state index in [2.05, 4.69) is 16.0 Å². The van der Waals surface area contributed by atoms with Crippen molar-refractivity contribution in [3.63, 3.8) is 0 Å². The molecule has 0 spiro atoms. The van der Waals surface area contributed by atoms with Gasteiger partial charge in [0.2, 0.25) is 11.8 Å². The van der Waals surface area contributed by atoms with Crippen molar-refractivity contribution in [2.45, 2.75) is 12.8 Å². The second kappa shape index (κ2) is 9.42. The maximum Gasteiger partial charge on any atom is 0.221 e. The van der Waals surface area contributed by atoms with Crippen molar-refractivity contribution in [2.24, 2.45) is 5.73 Å². The summed E-state index contributed by atoms with van der Waals surface area (Å²) in [6.07, 6.45) is 0.843. The number of hydrogen-bond donors (Lipinski definition) is 4. The number of rotatable bonds is 9. The van der Waals surface area contributed by atoms with E-state index >= 15 is 0 Å². The summed E-state index contributed by atoms with van der Waals surface area (Å²) in [5, 5.41) is 8.70. The smallest absolute Gasteiger partial charge is 0.221 e. The first-order valence-electron chi connectivity index (χ1n) is 5.07. The molecule has 0 aliphatic carbocycles. The van der Waals surface area contributed by atoms with E-state index in [0.29, 0.717) is 25.9 Å². The molecule has 0 saturated heterocycles. The van der Waals surface area contributed by atoms with Gasteiger partial charge in [0.1, 0.15) is 0 Å². The highest BCUT2D eigenvalue weighted by Crippen LogP contribution is 1.75. The van der Waals surface area contributed by atoms with E-state index in [0.717, 1.165) is 13.1 Å². The van der Waals surface area contributed by atoms with Crippen molar-refractivity contribution in [2.75, 3.05) is 33.2 Å². The molecule has 0 rings (SSSR count). The summed E-state index contributed by atoms with van der Waals surface area (Å²) in [4.78, 5) is 21.2. The number of carbonyl (C=O) groups is 2. The summed E-state index contributed by atoms with van der Waals surface area (Å²) >= 11 is 0. The molecule has 0 unspecified atom stereocenters. The minimum Gasteiger partial charge on any atom is -0.370 e. The van der Waals surface area contributed by atoms with Crippen LogP contribution >= 0.6 is 0 Å². The van der Waals surface area contributed by atoms with Gasteiger partial charge in [0, 0.05) is 46.1 Å². The van der Waals surface area contributed by atoms with Gasteiger partial charge in [0.15, 0.2) is 0 Å². The van der Waals surface area contributed by atoms with Crippen LogP contribution in [0.4, 0.5) is 0 Å². The molecule has 6 nitrogen and oxygen atoms in total. The number of carbonyl (C=O) groups excluding carboxylic acids is 2. The Bertz CT molecular complexity index is 197. The molecule has 6 heteroatoms. The molecule has 0 aromatic carbocycles. The minimum atomic E-state index is -0.296. The molecule has 15 heavy (non-hydrogen) atoms. The lowest BCUT2D eigenvalue weighted by Gasteiger charge is -2.05. The minimum absolute atomic E-state index is 0.0317. The third kappa shape index (κ3) is 10.8. The average Bonchev–Trinajstić information content (AvgIpc) is 2.21. The predicted octanol–water partition coefficient (Wildman–Crippen LogP) is -1.82. The molecule has 88 valence electrons. The van der Waals surface area contributed by atoms with Crippen molar-refractivity contribution in [1.82, 2.24) is 16.0 Å². The second-order valence-corrected chi connectivity index (χ2v) is 3.14. The highest BCUT2D eigenvalue weighted by Gasteiger charge is 1.96. The molecule has 0 radical (unpaired) electrons. The van der Waals surface area contributed by atoms with Crippen LogP contribution in [0, 0.1) is 0 Å². The van der Waals surface area contributed by atoms with Crippen molar-refractivity contribution < 1.29 is 9.59 Å². The van der Waals surface area contributed by atoms with Crippen LogP contribution in [0.2, 0.25) is 0 Å². The highest BCUT2D eigenvalue weighted by atomic mass is 16.1. The Kier molecular flexibility index (Phi) is 8.70. The molecule has 0 aliphatic heterocycles. The Hall–Kier alpha value is -1.14. The van der Waals surface area contributed by atoms with Gasteiger partial charge in [0.25, 0.3) is 0 Å². The van der Waals surface area contributed by atoms with Gasteiger partial charge in [-0.15, -0.1) is 0 Å². The summed E-state index contributed by atoms with van der Waals surface area (Å²) in [7, 11) is 1.62. The normalized spacial score (nSPS) is 9.93. The van der Waals surface area contributed by atoms with E-state index in [1.165, 1.54) is 0 Å². The molecule has 0 bridgehead atoms. The van der Waals surface area contributed by atoms with Crippen LogP contribution in [0.5, 0.6) is 0 Å². The monoisotopic (exact) mass is 216 g/mol. The van der Waals surface area contributed by atoms with Crippen LogP contribution in [0.1, 0.15) is 12.8 Å². The van der Waals surface area contributed by atoms with Crippen LogP contribution in [-0.4, -0.2) is 45.0 Å². The molecular weight excluding hydrogens is 196 g/mol. The maximum atomic E-state index is 10.8. The first-order chi connectivity index (χ1) is 7.16. The van der Waals surface area contributed by atoms with Crippen molar-refractivity contribution in [3.8, 4) is 0 Å². The zero-order valence-corrected chi connectivity index (χ0v) is 9.14. The molecule has 0 aromatic rings. The summed E-state index contributed by atoms with van der Waals surface area (Å²) in [5.41, 5.74) is 4.96. The fraction of sp³-hybridized carbons (Fsp3) is 0.778. The SMILES string of the molecule is CNC(=O)CCNCCNCCC(N)=O. The quantitative estimate of drug-likeness (QED) is 0.341. The Morgan fingerprint density at radius 1 is 1.00 bits per heavy atom. The van der Waals surface area contributed by atoms with E-state index in [9.17, 15) is 9.59 Å². The fourth-order valence-electron chi connectivity index (χ4n) is 0.965. The number of primary amides is 1. The predicted molar refractivity (Wildman–Crippen MR) is 58.2 cm³/mol. The Labute approximate surface area is 90.0 Å². The molecule has 0 aromatic heterocycles. The van der Waals surface area contributed by atoms with Gasteiger partial charge in [-0.3, -0.25) is 9.59 Å². The molecular formula is C9H20N4O2. The lowest BCUT2D eigenvalue weighted by atomic mass is 10.4. The lowest BCUT2D eigenvalue weighted by molar-refractivity contribution is -0.120. The number of nitrogens with one attached hydrogen (secondary N) is 3. The first kappa shape index (κ1) is 13.9. The summed E-state index contributed by atoms with van der Waals surface area (Å²) in [5.74, 6) is -0.265. The molecule has 5 N–H and O–H groups in total. The third-order valence-electron chi connectivity index (χ3n) is 1.83. The highest BCUT2D eigenvalue weighted by molar-refractivity contribution is 5.75. The molecule has 0 atom stereocenters. The van der Waals surface area contributed by atoms with Gasteiger partial charge in [-0.05, 0) is 0 Å². The van der Waals surface area contributed by atoms with Crippen LogP contribution in [0.25, 0.3) is 0 Å². The zero-order chi connectivity index (χ0) is 11.5. The molecule has 0 aliphatic rings. The number of nitrogens with two attached hydrogens (primary N) is 1. The summed E-state index contributed by atoms with van der Waals surface area (Å²) in [6.45, 7) is 2.81. The van der Waals surface area contributed by atoms with Gasteiger partial charge in [-0.1, -0.05) is 0 Å². The van der Waals surface area contributed by atoms with Gasteiger partial charge in [-0.25, -0.2) is 0 Å². The van der Waals surface area contributed by atoms with E-state index in [1.54, 1.807) is 7.05 Å². The maximum absolute atomic E-state index is 10.8. The topological polar surface area (TPSA) is 96.2 Å². The standard InChI is InChI=1S/C9H20N4O2/c1-11-9(15)3-5-13-7-6-12-4-2-8(10)14/h12-13H,2-7H2,1H3,(H2,10,14)(H,11,15). The Morgan fingerprint density at radius 2 is 1.53 bits per heavy atom. The van der Waals surface area contributed by atoms with Crippen molar-refractivity contribution in [3.05, 3.63) is 0 Å². The number of amides is 2. The molecule has 0 fully saturated rings. The first-order valence-corrected chi connectivity index (χ1v) is 5.07. The van der Waals surface area contributed by atoms with Crippen LogP contribution in [-0.2, 0) is 9.59 Å². The van der Waals surface area contributed by atoms with Crippen LogP contribution in [0.15, 0.2) is 0 Å². The van der Waals surface area contributed by atoms with E-state index in [-0.39, 0.29) is 11.8 Å². The van der Waals surface area contributed by atoms with E-state index in [4.69, 9.17) is 5.73 Å². The van der Waals surface area contributed by atoms with Crippen LogP contribution in [0.3, 0.4) is 0 Å². The van der Waals surface area contributed by atoms with E-state index in [1.807, 2.05) is 0 Å². The Balaban J connectivity index is 3.05. The second-order valence-electron chi connectivity index (χ2n) is 3.14. The van der Waals surface area contributed by atoms with Crippen LogP contribution < -0.4 is 21.7 Å². The average molecular weight is 216 g/mol. The fourth-order valence-corrected chi connectivity index (χ4v) is 0.965.